The molecule has 2 heterocycles. The Morgan fingerprint density at radius 1 is 1.16 bits per heavy atom. The molecule has 2 N–H and O–H groups in total. The molecule has 0 saturated carbocycles. The minimum Gasteiger partial charge on any atom is -0.302 e. The zero-order valence-electron chi connectivity index (χ0n) is 13.0. The number of anilines is 1. The number of carbonyl (C=O) groups is 1. The quantitative estimate of drug-likeness (QED) is 0.513. The Labute approximate surface area is 156 Å². The summed E-state index contributed by atoms with van der Waals surface area (Å²) in [5.74, 6) is -0.0874. The number of nitrogens with zero attached hydrogens (tertiary/aromatic N) is 2. The molecule has 0 aliphatic carbocycles. The Hall–Kier alpha value is -2.51. The first-order chi connectivity index (χ1) is 12.2. The van der Waals surface area contributed by atoms with E-state index in [9.17, 15) is 4.79 Å². The largest absolute Gasteiger partial charge is 0.302 e. The molecule has 0 radical (unpaired) electrons. The molecule has 2 aromatic heterocycles. The Morgan fingerprint density at radius 3 is 2.84 bits per heavy atom. The topological polar surface area (TPSA) is 70.7 Å². The van der Waals surface area contributed by atoms with E-state index in [1.165, 1.54) is 11.3 Å². The van der Waals surface area contributed by atoms with E-state index in [1.807, 2.05) is 42.5 Å². The number of aromatic nitrogens is 3. The van der Waals surface area contributed by atoms with Crippen molar-refractivity contribution in [1.29, 1.82) is 0 Å². The number of amides is 1. The van der Waals surface area contributed by atoms with Crippen molar-refractivity contribution >= 4 is 49.2 Å². The number of fused-ring (bicyclic) bond motifs is 1. The van der Waals surface area contributed by atoms with Crippen LogP contribution in [0.15, 0.2) is 59.3 Å². The summed E-state index contributed by atoms with van der Waals surface area (Å²) in [5.41, 5.74) is 2.93. The van der Waals surface area contributed by atoms with Gasteiger partial charge in [-0.3, -0.25) is 9.89 Å². The molecular formula is C18H13BrN4OS. The molecule has 0 aliphatic rings. The van der Waals surface area contributed by atoms with Gasteiger partial charge in [0.15, 0.2) is 5.13 Å². The smallest absolute Gasteiger partial charge is 0.230 e. The summed E-state index contributed by atoms with van der Waals surface area (Å²) in [6.07, 6.45) is 3.83. The average molecular weight is 413 g/mol. The predicted octanol–water partition coefficient (Wildman–Crippen LogP) is 4.63. The zero-order chi connectivity index (χ0) is 17.2. The molecule has 25 heavy (non-hydrogen) atoms. The van der Waals surface area contributed by atoms with Gasteiger partial charge >= 0.3 is 0 Å². The predicted molar refractivity (Wildman–Crippen MR) is 104 cm³/mol. The molecule has 0 fully saturated rings. The molecule has 0 bridgehead atoms. The lowest BCUT2D eigenvalue weighted by molar-refractivity contribution is -0.115. The highest BCUT2D eigenvalue weighted by Crippen LogP contribution is 2.29. The highest BCUT2D eigenvalue weighted by atomic mass is 79.9. The molecule has 1 amide bonds. The number of thiazole rings is 1. The molecule has 4 aromatic rings. The number of aromatic amines is 1. The molecular weight excluding hydrogens is 400 g/mol. The van der Waals surface area contributed by atoms with Crippen molar-refractivity contribution in [3.63, 3.8) is 0 Å². The Kier molecular flexibility index (Phi) is 4.33. The van der Waals surface area contributed by atoms with Gasteiger partial charge in [-0.25, -0.2) is 4.98 Å². The van der Waals surface area contributed by atoms with Crippen molar-refractivity contribution in [1.82, 2.24) is 15.2 Å². The normalized spacial score (nSPS) is 10.9. The van der Waals surface area contributed by atoms with Gasteiger partial charge in [0.25, 0.3) is 0 Å². The van der Waals surface area contributed by atoms with Gasteiger partial charge in [-0.05, 0) is 29.3 Å². The van der Waals surface area contributed by atoms with Crippen LogP contribution in [0.4, 0.5) is 5.13 Å². The zero-order valence-corrected chi connectivity index (χ0v) is 15.4. The standard InChI is InChI=1S/C18H13BrN4OS/c19-14-5-3-12(4-6-14)16-10-20-18(25-16)22-17(24)8-11-1-2-13-9-21-23-15(13)7-11/h1-7,9-10H,8H2,(H,21,23)(H,20,22,24). The summed E-state index contributed by atoms with van der Waals surface area (Å²) in [6, 6.07) is 13.8. The van der Waals surface area contributed by atoms with Gasteiger partial charge in [0, 0.05) is 16.1 Å². The van der Waals surface area contributed by atoms with E-state index >= 15 is 0 Å². The summed E-state index contributed by atoms with van der Waals surface area (Å²) in [5, 5.41) is 11.4. The van der Waals surface area contributed by atoms with Crippen LogP contribution < -0.4 is 5.32 Å². The fraction of sp³-hybridized carbons (Fsp3) is 0.0556. The third kappa shape index (κ3) is 3.62. The van der Waals surface area contributed by atoms with E-state index < -0.39 is 0 Å². The number of carbonyl (C=O) groups excluding carboxylic acids is 1. The van der Waals surface area contributed by atoms with Gasteiger partial charge in [-0.2, -0.15) is 5.10 Å². The molecule has 0 atom stereocenters. The number of halogens is 1. The van der Waals surface area contributed by atoms with Crippen molar-refractivity contribution in [3.05, 3.63) is 64.9 Å². The lowest BCUT2D eigenvalue weighted by Crippen LogP contribution is -2.14. The van der Waals surface area contributed by atoms with Crippen LogP contribution >= 0.6 is 27.3 Å². The van der Waals surface area contributed by atoms with E-state index in [2.05, 4.69) is 36.4 Å². The highest BCUT2D eigenvalue weighted by Gasteiger charge is 2.09. The van der Waals surface area contributed by atoms with Gasteiger partial charge in [-0.1, -0.05) is 51.5 Å². The van der Waals surface area contributed by atoms with Crippen LogP contribution in [0.25, 0.3) is 21.3 Å². The Balaban J connectivity index is 1.44. The van der Waals surface area contributed by atoms with Crippen LogP contribution in [0.1, 0.15) is 5.56 Å². The Morgan fingerprint density at radius 2 is 2.00 bits per heavy atom. The maximum atomic E-state index is 12.3. The number of nitrogens with one attached hydrogen (secondary N) is 2. The molecule has 4 rings (SSSR count). The molecule has 0 saturated heterocycles. The summed E-state index contributed by atoms with van der Waals surface area (Å²) in [7, 11) is 0. The van der Waals surface area contributed by atoms with Gasteiger partial charge in [0.1, 0.15) is 0 Å². The summed E-state index contributed by atoms with van der Waals surface area (Å²) in [4.78, 5) is 17.6. The monoisotopic (exact) mass is 412 g/mol. The second kappa shape index (κ2) is 6.78. The summed E-state index contributed by atoms with van der Waals surface area (Å²) in [6.45, 7) is 0. The van der Waals surface area contributed by atoms with Crippen LogP contribution in [0.5, 0.6) is 0 Å². The number of hydrogen-bond acceptors (Lipinski definition) is 4. The number of H-pyrrole nitrogens is 1. The molecule has 0 spiro atoms. The van der Waals surface area contributed by atoms with Gasteiger partial charge in [0.2, 0.25) is 5.91 Å². The molecule has 5 nitrogen and oxygen atoms in total. The fourth-order valence-corrected chi connectivity index (χ4v) is 3.62. The van der Waals surface area contributed by atoms with E-state index in [0.29, 0.717) is 11.6 Å². The lowest BCUT2D eigenvalue weighted by atomic mass is 10.1. The lowest BCUT2D eigenvalue weighted by Gasteiger charge is -2.02. The van der Waals surface area contributed by atoms with Gasteiger partial charge in [0.05, 0.1) is 23.0 Å². The first-order valence-corrected chi connectivity index (χ1v) is 9.22. The second-order valence-corrected chi connectivity index (χ2v) is 7.50. The SMILES string of the molecule is O=C(Cc1ccc2cn[nH]c2c1)Nc1ncc(-c2ccc(Br)cc2)s1. The minimum atomic E-state index is -0.0874. The van der Waals surface area contributed by atoms with Gasteiger partial charge in [-0.15, -0.1) is 0 Å². The third-order valence-electron chi connectivity index (χ3n) is 3.75. The van der Waals surface area contributed by atoms with Crippen LogP contribution in [0.3, 0.4) is 0 Å². The van der Waals surface area contributed by atoms with E-state index in [0.717, 1.165) is 31.4 Å². The van der Waals surface area contributed by atoms with E-state index in [4.69, 9.17) is 0 Å². The second-order valence-electron chi connectivity index (χ2n) is 5.55. The van der Waals surface area contributed by atoms with Crippen molar-refractivity contribution in [2.24, 2.45) is 0 Å². The summed E-state index contributed by atoms with van der Waals surface area (Å²) < 4.78 is 1.03. The minimum absolute atomic E-state index is 0.0874. The van der Waals surface area contributed by atoms with Gasteiger partial charge < -0.3 is 5.32 Å². The molecule has 124 valence electrons. The van der Waals surface area contributed by atoms with E-state index in [1.54, 1.807) is 12.4 Å². The molecule has 2 aromatic carbocycles. The first kappa shape index (κ1) is 16.0. The number of hydrogen-bond donors (Lipinski definition) is 2. The van der Waals surface area contributed by atoms with Crippen molar-refractivity contribution in [2.45, 2.75) is 6.42 Å². The third-order valence-corrected chi connectivity index (χ3v) is 5.24. The van der Waals surface area contributed by atoms with Crippen LogP contribution in [-0.4, -0.2) is 21.1 Å². The Bertz CT molecular complexity index is 1040. The van der Waals surface area contributed by atoms with Crippen LogP contribution in [0, 0.1) is 0 Å². The first-order valence-electron chi connectivity index (χ1n) is 7.61. The maximum absolute atomic E-state index is 12.3. The summed E-state index contributed by atoms with van der Waals surface area (Å²) >= 11 is 4.88. The van der Waals surface area contributed by atoms with Crippen molar-refractivity contribution < 1.29 is 4.79 Å². The molecule has 0 unspecified atom stereocenters. The highest BCUT2D eigenvalue weighted by molar-refractivity contribution is 9.10. The number of rotatable bonds is 4. The van der Waals surface area contributed by atoms with Crippen molar-refractivity contribution in [3.8, 4) is 10.4 Å². The molecule has 0 aliphatic heterocycles. The average Bonchev–Trinajstić information content (AvgIpc) is 3.24. The van der Waals surface area contributed by atoms with Crippen LogP contribution in [-0.2, 0) is 11.2 Å². The fourth-order valence-electron chi connectivity index (χ4n) is 2.52. The maximum Gasteiger partial charge on any atom is 0.230 e. The number of benzene rings is 2. The van der Waals surface area contributed by atoms with Crippen LogP contribution in [0.2, 0.25) is 0 Å². The molecule has 7 heteroatoms. The van der Waals surface area contributed by atoms with Crippen molar-refractivity contribution in [2.75, 3.05) is 5.32 Å². The van der Waals surface area contributed by atoms with E-state index in [-0.39, 0.29) is 5.91 Å².